The van der Waals surface area contributed by atoms with E-state index in [1.165, 1.54) is 17.0 Å². The molecule has 0 saturated carbocycles. The van der Waals surface area contributed by atoms with E-state index in [1.807, 2.05) is 13.8 Å². The van der Waals surface area contributed by atoms with Crippen LogP contribution in [0.3, 0.4) is 0 Å². The molecule has 0 aliphatic rings. The Morgan fingerprint density at radius 1 is 1.07 bits per heavy atom. The summed E-state index contributed by atoms with van der Waals surface area (Å²) in [4.78, 5) is 0. The van der Waals surface area contributed by atoms with Gasteiger partial charge in [0.25, 0.3) is 0 Å². The molecule has 0 amide bonds. The van der Waals surface area contributed by atoms with E-state index in [-0.39, 0.29) is 0 Å². The van der Waals surface area contributed by atoms with Crippen LogP contribution in [-0.2, 0) is 0 Å². The van der Waals surface area contributed by atoms with E-state index in [2.05, 4.69) is 56.5 Å². The summed E-state index contributed by atoms with van der Waals surface area (Å²) >= 11 is 0. The Kier molecular flexibility index (Phi) is 7.43. The van der Waals surface area contributed by atoms with Gasteiger partial charge in [-0.15, -0.1) is 0 Å². The van der Waals surface area contributed by atoms with Crippen molar-refractivity contribution in [1.82, 2.24) is 5.32 Å². The van der Waals surface area contributed by atoms with E-state index in [0.29, 0.717) is 0 Å². The molecule has 0 aromatic heterocycles. The summed E-state index contributed by atoms with van der Waals surface area (Å²) < 4.78 is 0. The van der Waals surface area contributed by atoms with Crippen LogP contribution in [0.5, 0.6) is 0 Å². The Balaban J connectivity index is 4.90. The molecule has 0 aromatic rings. The summed E-state index contributed by atoms with van der Waals surface area (Å²) in [5.41, 5.74) is 3.68. The Hall–Kier alpha value is -1.24. The number of allylic oxidation sites excluding steroid dienone is 7. The summed E-state index contributed by atoms with van der Waals surface area (Å²) in [7, 11) is 0. The normalized spacial score (nSPS) is 14.9. The van der Waals surface area contributed by atoms with Crippen LogP contribution < -0.4 is 5.32 Å². The molecule has 15 heavy (non-hydrogen) atoms. The van der Waals surface area contributed by atoms with Gasteiger partial charge < -0.3 is 5.32 Å². The predicted octanol–water partition coefficient (Wildman–Crippen LogP) is 4.32. The lowest BCUT2D eigenvalue weighted by Crippen LogP contribution is -2.12. The summed E-state index contributed by atoms with van der Waals surface area (Å²) in [5.74, 6) is 0. The van der Waals surface area contributed by atoms with Gasteiger partial charge in [0.05, 0.1) is 0 Å². The minimum atomic E-state index is 1.03. The van der Waals surface area contributed by atoms with Crippen molar-refractivity contribution in [2.24, 2.45) is 0 Å². The second-order valence-corrected chi connectivity index (χ2v) is 3.39. The van der Waals surface area contributed by atoms with Gasteiger partial charge in [-0.3, -0.25) is 0 Å². The van der Waals surface area contributed by atoms with Crippen molar-refractivity contribution in [1.29, 1.82) is 0 Å². The van der Waals surface area contributed by atoms with Gasteiger partial charge in [-0.05, 0) is 45.8 Å². The third kappa shape index (κ3) is 5.26. The Bertz CT molecular complexity index is 290. The van der Waals surface area contributed by atoms with E-state index in [9.17, 15) is 0 Å². The molecule has 0 atom stereocenters. The number of hydrogen-bond donors (Lipinski definition) is 1. The Morgan fingerprint density at radius 2 is 1.67 bits per heavy atom. The van der Waals surface area contributed by atoms with Gasteiger partial charge in [0.2, 0.25) is 0 Å². The smallest absolute Gasteiger partial charge is 0.0408 e. The van der Waals surface area contributed by atoms with E-state index in [1.54, 1.807) is 0 Å². The fourth-order valence-electron chi connectivity index (χ4n) is 1.32. The molecule has 0 rings (SSSR count). The molecule has 0 radical (unpaired) electrons. The molecule has 0 saturated heterocycles. The fraction of sp³-hybridized carbons (Fsp3) is 0.429. The highest BCUT2D eigenvalue weighted by Gasteiger charge is 1.97. The standard InChI is InChI=1S/C14H23N/c1-6-10-12(5)14(11-7-2)15-13(8-3)9-4/h6-8,10-11,15H,9H2,1-5H3/b10-6-,11-7-,13-8-,14-12+. The summed E-state index contributed by atoms with van der Waals surface area (Å²) in [5, 5.41) is 3.44. The lowest BCUT2D eigenvalue weighted by Gasteiger charge is -2.11. The van der Waals surface area contributed by atoms with Crippen molar-refractivity contribution >= 4 is 0 Å². The van der Waals surface area contributed by atoms with E-state index >= 15 is 0 Å². The van der Waals surface area contributed by atoms with Gasteiger partial charge in [0, 0.05) is 11.4 Å². The first-order chi connectivity index (χ1) is 7.19. The van der Waals surface area contributed by atoms with E-state index < -0.39 is 0 Å². The van der Waals surface area contributed by atoms with Crippen molar-refractivity contribution in [3.63, 3.8) is 0 Å². The first-order valence-corrected chi connectivity index (χ1v) is 5.58. The maximum atomic E-state index is 3.44. The zero-order valence-electron chi connectivity index (χ0n) is 10.6. The Morgan fingerprint density at radius 3 is 2.07 bits per heavy atom. The summed E-state index contributed by atoms with van der Waals surface area (Å²) in [6, 6.07) is 0. The maximum absolute atomic E-state index is 3.44. The molecular formula is C14H23N. The molecule has 0 fully saturated rings. The average Bonchev–Trinajstić information content (AvgIpc) is 2.24. The highest BCUT2D eigenvalue weighted by atomic mass is 14.9. The van der Waals surface area contributed by atoms with Crippen molar-refractivity contribution < 1.29 is 0 Å². The number of rotatable bonds is 5. The van der Waals surface area contributed by atoms with Crippen molar-refractivity contribution in [2.45, 2.75) is 41.0 Å². The van der Waals surface area contributed by atoms with E-state index in [4.69, 9.17) is 0 Å². The van der Waals surface area contributed by atoms with Crippen LogP contribution in [0.2, 0.25) is 0 Å². The third-order valence-corrected chi connectivity index (χ3v) is 2.20. The molecule has 0 unspecified atom stereocenters. The van der Waals surface area contributed by atoms with Gasteiger partial charge in [0.15, 0.2) is 0 Å². The van der Waals surface area contributed by atoms with Crippen LogP contribution in [0.15, 0.2) is 47.3 Å². The third-order valence-electron chi connectivity index (χ3n) is 2.20. The molecule has 1 heteroatoms. The van der Waals surface area contributed by atoms with Gasteiger partial charge in [-0.25, -0.2) is 0 Å². The molecule has 84 valence electrons. The monoisotopic (exact) mass is 205 g/mol. The van der Waals surface area contributed by atoms with Gasteiger partial charge in [0.1, 0.15) is 0 Å². The quantitative estimate of drug-likeness (QED) is 0.659. The van der Waals surface area contributed by atoms with Crippen molar-refractivity contribution in [3.05, 3.63) is 47.3 Å². The Labute approximate surface area is 94.3 Å². The summed E-state index contributed by atoms with van der Waals surface area (Å²) in [6.45, 7) is 10.4. The first kappa shape index (κ1) is 13.8. The maximum Gasteiger partial charge on any atom is 0.0408 e. The second-order valence-electron chi connectivity index (χ2n) is 3.39. The lowest BCUT2D eigenvalue weighted by atomic mass is 10.2. The zero-order valence-corrected chi connectivity index (χ0v) is 10.6. The van der Waals surface area contributed by atoms with Gasteiger partial charge >= 0.3 is 0 Å². The minimum absolute atomic E-state index is 1.03. The van der Waals surface area contributed by atoms with Crippen LogP contribution in [0.1, 0.15) is 41.0 Å². The molecule has 0 heterocycles. The minimum Gasteiger partial charge on any atom is -0.359 e. The molecule has 1 nitrogen and oxygen atoms in total. The largest absolute Gasteiger partial charge is 0.359 e. The highest BCUT2D eigenvalue weighted by molar-refractivity contribution is 5.32. The molecule has 0 aliphatic carbocycles. The highest BCUT2D eigenvalue weighted by Crippen LogP contribution is 2.08. The van der Waals surface area contributed by atoms with Crippen LogP contribution in [0.4, 0.5) is 0 Å². The molecule has 0 aliphatic heterocycles. The number of nitrogens with one attached hydrogen (secondary N) is 1. The van der Waals surface area contributed by atoms with Gasteiger partial charge in [-0.1, -0.05) is 31.2 Å². The van der Waals surface area contributed by atoms with Crippen molar-refractivity contribution in [2.75, 3.05) is 0 Å². The number of hydrogen-bond acceptors (Lipinski definition) is 1. The van der Waals surface area contributed by atoms with Crippen LogP contribution in [0, 0.1) is 0 Å². The van der Waals surface area contributed by atoms with E-state index in [0.717, 1.165) is 6.42 Å². The SMILES string of the molecule is C\C=C/C(C)=C(\C=C/C)N/C(=C\C)CC. The summed E-state index contributed by atoms with van der Waals surface area (Å²) in [6.07, 6.45) is 11.5. The van der Waals surface area contributed by atoms with Crippen LogP contribution in [0.25, 0.3) is 0 Å². The molecule has 0 aromatic carbocycles. The van der Waals surface area contributed by atoms with Crippen molar-refractivity contribution in [3.8, 4) is 0 Å². The zero-order chi connectivity index (χ0) is 11.7. The molecular weight excluding hydrogens is 182 g/mol. The molecule has 0 bridgehead atoms. The topological polar surface area (TPSA) is 12.0 Å². The first-order valence-electron chi connectivity index (χ1n) is 5.58. The molecule has 1 N–H and O–H groups in total. The predicted molar refractivity (Wildman–Crippen MR) is 69.5 cm³/mol. The average molecular weight is 205 g/mol. The lowest BCUT2D eigenvalue weighted by molar-refractivity contribution is 0.898. The van der Waals surface area contributed by atoms with Gasteiger partial charge in [-0.2, -0.15) is 0 Å². The second kappa shape index (κ2) is 8.10. The fourth-order valence-corrected chi connectivity index (χ4v) is 1.32. The molecule has 0 spiro atoms. The van der Waals surface area contributed by atoms with Crippen LogP contribution in [-0.4, -0.2) is 0 Å². The van der Waals surface area contributed by atoms with Crippen LogP contribution >= 0.6 is 0 Å².